The molecule has 84 valence electrons. The van der Waals surface area contributed by atoms with Crippen molar-refractivity contribution in [2.24, 2.45) is 5.92 Å². The highest BCUT2D eigenvalue weighted by Crippen LogP contribution is 2.17. The molecule has 0 bridgehead atoms. The fourth-order valence-electron chi connectivity index (χ4n) is 1.94. The van der Waals surface area contributed by atoms with Crippen LogP contribution in [0.25, 0.3) is 0 Å². The minimum atomic E-state index is 0.843. The second kappa shape index (κ2) is 5.88. The minimum Gasteiger partial charge on any atom is -0.381 e. The number of imidazole rings is 1. The van der Waals surface area contributed by atoms with Crippen molar-refractivity contribution >= 4 is 0 Å². The Balaban J connectivity index is 1.54. The van der Waals surface area contributed by atoms with Crippen LogP contribution in [0.4, 0.5) is 0 Å². The summed E-state index contributed by atoms with van der Waals surface area (Å²) in [6, 6.07) is 0. The van der Waals surface area contributed by atoms with Gasteiger partial charge >= 0.3 is 0 Å². The van der Waals surface area contributed by atoms with Crippen molar-refractivity contribution in [2.45, 2.75) is 25.8 Å². The summed E-state index contributed by atoms with van der Waals surface area (Å²) in [6.07, 6.45) is 7.35. The van der Waals surface area contributed by atoms with Crippen LogP contribution in [0.15, 0.2) is 12.4 Å². The Kier molecular flexibility index (Phi) is 4.17. The first kappa shape index (κ1) is 10.6. The molecule has 1 saturated heterocycles. The second-order valence-corrected chi connectivity index (χ2v) is 4.06. The maximum Gasteiger partial charge on any atom is 0.120 e. The molecule has 4 heteroatoms. The van der Waals surface area contributed by atoms with Crippen LogP contribution in [0.1, 0.15) is 25.1 Å². The molecule has 0 atom stereocenters. The lowest BCUT2D eigenvalue weighted by molar-refractivity contribution is 0.0639. The summed E-state index contributed by atoms with van der Waals surface area (Å²) in [4.78, 5) is 7.24. The number of nitrogens with zero attached hydrogens (tertiary/aromatic N) is 1. The Morgan fingerprint density at radius 1 is 1.47 bits per heavy atom. The smallest absolute Gasteiger partial charge is 0.120 e. The van der Waals surface area contributed by atoms with Crippen molar-refractivity contribution in [3.63, 3.8) is 0 Å². The number of nitrogens with one attached hydrogen (secondary N) is 2. The van der Waals surface area contributed by atoms with Gasteiger partial charge in [0.1, 0.15) is 5.82 Å². The van der Waals surface area contributed by atoms with Gasteiger partial charge in [0.15, 0.2) is 0 Å². The van der Waals surface area contributed by atoms with Crippen LogP contribution in [-0.2, 0) is 11.3 Å². The summed E-state index contributed by atoms with van der Waals surface area (Å²) in [6.45, 7) is 3.81. The molecule has 0 spiro atoms. The number of ether oxygens (including phenoxy) is 1. The number of H-pyrrole nitrogens is 1. The lowest BCUT2D eigenvalue weighted by Gasteiger charge is -2.21. The van der Waals surface area contributed by atoms with Gasteiger partial charge in [-0.2, -0.15) is 0 Å². The lowest BCUT2D eigenvalue weighted by Crippen LogP contribution is -2.22. The molecule has 1 aromatic rings. The molecular formula is C11H19N3O. The van der Waals surface area contributed by atoms with E-state index in [9.17, 15) is 0 Å². The first-order valence-electron chi connectivity index (χ1n) is 5.72. The first-order valence-corrected chi connectivity index (χ1v) is 5.72. The van der Waals surface area contributed by atoms with E-state index in [0.29, 0.717) is 0 Å². The van der Waals surface area contributed by atoms with Crippen LogP contribution in [-0.4, -0.2) is 29.7 Å². The predicted octanol–water partition coefficient (Wildman–Crippen LogP) is 1.32. The average molecular weight is 209 g/mol. The summed E-state index contributed by atoms with van der Waals surface area (Å²) in [5, 5.41) is 3.40. The van der Waals surface area contributed by atoms with E-state index in [0.717, 1.165) is 38.0 Å². The molecule has 2 heterocycles. The number of aromatic amines is 1. The van der Waals surface area contributed by atoms with Crippen LogP contribution in [0.2, 0.25) is 0 Å². The van der Waals surface area contributed by atoms with Gasteiger partial charge in [0.2, 0.25) is 0 Å². The van der Waals surface area contributed by atoms with Gasteiger partial charge in [-0.05, 0) is 31.7 Å². The minimum absolute atomic E-state index is 0.843. The van der Waals surface area contributed by atoms with Gasteiger partial charge in [-0.1, -0.05) is 0 Å². The molecule has 0 radical (unpaired) electrons. The standard InChI is InChI=1S/C11H19N3O/c1(10-2-7-15-8-3-10)4-12-9-11-13-5-6-14-11/h5-6,10,12H,1-4,7-9H2,(H,13,14). The van der Waals surface area contributed by atoms with Gasteiger partial charge in [-0.3, -0.25) is 0 Å². The fraction of sp³-hybridized carbons (Fsp3) is 0.727. The Morgan fingerprint density at radius 2 is 2.33 bits per heavy atom. The van der Waals surface area contributed by atoms with E-state index in [1.165, 1.54) is 19.3 Å². The number of hydrogen-bond acceptors (Lipinski definition) is 3. The third-order valence-corrected chi connectivity index (χ3v) is 2.92. The topological polar surface area (TPSA) is 49.9 Å². The lowest BCUT2D eigenvalue weighted by atomic mass is 9.97. The van der Waals surface area contributed by atoms with Crippen LogP contribution in [0.5, 0.6) is 0 Å². The molecule has 0 aliphatic carbocycles. The molecule has 0 unspecified atom stereocenters. The summed E-state index contributed by atoms with van der Waals surface area (Å²) >= 11 is 0. The zero-order valence-corrected chi connectivity index (χ0v) is 9.04. The van der Waals surface area contributed by atoms with Gasteiger partial charge in [0.25, 0.3) is 0 Å². The van der Waals surface area contributed by atoms with Crippen LogP contribution in [0.3, 0.4) is 0 Å². The zero-order valence-electron chi connectivity index (χ0n) is 9.04. The second-order valence-electron chi connectivity index (χ2n) is 4.06. The van der Waals surface area contributed by atoms with E-state index in [1.54, 1.807) is 6.20 Å². The van der Waals surface area contributed by atoms with E-state index in [1.807, 2.05) is 6.20 Å². The number of rotatable bonds is 5. The third-order valence-electron chi connectivity index (χ3n) is 2.92. The molecule has 2 rings (SSSR count). The maximum atomic E-state index is 5.33. The Bertz CT molecular complexity index is 255. The molecule has 1 aliphatic heterocycles. The molecule has 0 amide bonds. The van der Waals surface area contributed by atoms with Crippen LogP contribution in [0, 0.1) is 5.92 Å². The van der Waals surface area contributed by atoms with Gasteiger partial charge in [0.05, 0.1) is 6.54 Å². The van der Waals surface area contributed by atoms with Crippen molar-refractivity contribution in [3.8, 4) is 0 Å². The largest absolute Gasteiger partial charge is 0.381 e. The monoisotopic (exact) mass is 209 g/mol. The van der Waals surface area contributed by atoms with Gasteiger partial charge in [-0.25, -0.2) is 4.98 Å². The third kappa shape index (κ3) is 3.64. The van der Waals surface area contributed by atoms with E-state index >= 15 is 0 Å². The van der Waals surface area contributed by atoms with E-state index < -0.39 is 0 Å². The Labute approximate surface area is 90.4 Å². The average Bonchev–Trinajstić information content (AvgIpc) is 2.79. The normalized spacial score (nSPS) is 18.1. The molecule has 2 N–H and O–H groups in total. The van der Waals surface area contributed by atoms with Gasteiger partial charge in [0, 0.05) is 25.6 Å². The highest BCUT2D eigenvalue weighted by atomic mass is 16.5. The van der Waals surface area contributed by atoms with E-state index in [-0.39, 0.29) is 0 Å². The molecule has 4 nitrogen and oxygen atoms in total. The molecule has 1 aromatic heterocycles. The van der Waals surface area contributed by atoms with Gasteiger partial charge in [-0.15, -0.1) is 0 Å². The number of hydrogen-bond donors (Lipinski definition) is 2. The summed E-state index contributed by atoms with van der Waals surface area (Å²) < 4.78 is 5.33. The van der Waals surface area contributed by atoms with Crippen molar-refractivity contribution in [2.75, 3.05) is 19.8 Å². The highest BCUT2D eigenvalue weighted by Gasteiger charge is 2.12. The van der Waals surface area contributed by atoms with E-state index in [2.05, 4.69) is 15.3 Å². The molecule has 0 saturated carbocycles. The summed E-state index contributed by atoms with van der Waals surface area (Å²) in [7, 11) is 0. The highest BCUT2D eigenvalue weighted by molar-refractivity contribution is 4.85. The summed E-state index contributed by atoms with van der Waals surface area (Å²) in [5.74, 6) is 1.87. The number of aromatic nitrogens is 2. The predicted molar refractivity (Wildman–Crippen MR) is 58.5 cm³/mol. The van der Waals surface area contributed by atoms with Crippen molar-refractivity contribution in [1.29, 1.82) is 0 Å². The van der Waals surface area contributed by atoms with Crippen molar-refractivity contribution in [1.82, 2.24) is 15.3 Å². The fourth-order valence-corrected chi connectivity index (χ4v) is 1.94. The maximum absolute atomic E-state index is 5.33. The van der Waals surface area contributed by atoms with Crippen LogP contribution < -0.4 is 5.32 Å². The Hall–Kier alpha value is -0.870. The molecule has 1 fully saturated rings. The molecule has 0 aromatic carbocycles. The summed E-state index contributed by atoms with van der Waals surface area (Å²) in [5.41, 5.74) is 0. The first-order chi connectivity index (χ1) is 7.45. The SMILES string of the molecule is c1c[nH]c(CNCCC2CCOCC2)n1. The van der Waals surface area contributed by atoms with E-state index in [4.69, 9.17) is 4.74 Å². The quantitative estimate of drug-likeness (QED) is 0.719. The van der Waals surface area contributed by atoms with Crippen LogP contribution >= 0.6 is 0 Å². The van der Waals surface area contributed by atoms with Crippen molar-refractivity contribution < 1.29 is 4.74 Å². The molecule has 15 heavy (non-hydrogen) atoms. The Morgan fingerprint density at radius 3 is 3.07 bits per heavy atom. The van der Waals surface area contributed by atoms with Crippen molar-refractivity contribution in [3.05, 3.63) is 18.2 Å². The van der Waals surface area contributed by atoms with Gasteiger partial charge < -0.3 is 15.0 Å². The molecular weight excluding hydrogens is 190 g/mol. The molecule has 1 aliphatic rings. The zero-order chi connectivity index (χ0) is 10.3.